The van der Waals surface area contributed by atoms with Crippen LogP contribution in [-0.2, 0) is 4.74 Å². The number of hydrogen-bond donors (Lipinski definition) is 1. The quantitative estimate of drug-likeness (QED) is 0.680. The van der Waals surface area contributed by atoms with Crippen LogP contribution in [0.4, 0.5) is 0 Å². The first kappa shape index (κ1) is 10.4. The minimum atomic E-state index is -0.272. The van der Waals surface area contributed by atoms with Gasteiger partial charge in [0.05, 0.1) is 25.4 Å². The fourth-order valence-electron chi connectivity index (χ4n) is 2.77. The van der Waals surface area contributed by atoms with Crippen LogP contribution in [0.3, 0.4) is 0 Å². The highest BCUT2D eigenvalue weighted by atomic mass is 16.5. The average molecular weight is 199 g/mol. The van der Waals surface area contributed by atoms with Gasteiger partial charge >= 0.3 is 0 Å². The second kappa shape index (κ2) is 4.17. The average Bonchev–Trinajstić information content (AvgIpc) is 2.52. The van der Waals surface area contributed by atoms with Crippen molar-refractivity contribution in [3.63, 3.8) is 0 Å². The molecule has 82 valence electrons. The maximum absolute atomic E-state index is 9.76. The highest BCUT2D eigenvalue weighted by molar-refractivity contribution is 4.89. The Bertz CT molecular complexity index is 198. The molecule has 0 saturated carbocycles. The van der Waals surface area contributed by atoms with Crippen LogP contribution >= 0.6 is 0 Å². The van der Waals surface area contributed by atoms with Crippen LogP contribution in [0.5, 0.6) is 0 Å². The molecule has 2 aliphatic rings. The van der Waals surface area contributed by atoms with Crippen molar-refractivity contribution in [2.75, 3.05) is 19.8 Å². The van der Waals surface area contributed by atoms with Crippen molar-refractivity contribution in [3.05, 3.63) is 0 Å². The normalized spacial score (nSPS) is 45.6. The van der Waals surface area contributed by atoms with E-state index in [0.29, 0.717) is 19.3 Å². The summed E-state index contributed by atoms with van der Waals surface area (Å²) in [6.07, 6.45) is 2.24. The van der Waals surface area contributed by atoms with E-state index in [1.54, 1.807) is 0 Å². The van der Waals surface area contributed by atoms with Crippen molar-refractivity contribution in [1.29, 1.82) is 0 Å². The van der Waals surface area contributed by atoms with E-state index in [1.807, 2.05) is 0 Å². The molecule has 0 spiro atoms. The van der Waals surface area contributed by atoms with E-state index in [1.165, 1.54) is 12.8 Å². The van der Waals surface area contributed by atoms with Gasteiger partial charge in [-0.2, -0.15) is 0 Å². The van der Waals surface area contributed by atoms with Crippen molar-refractivity contribution in [2.45, 2.75) is 44.9 Å². The SMILES string of the molecule is CC1CCN(C2COCC2O)C(C)C1. The van der Waals surface area contributed by atoms with E-state index in [-0.39, 0.29) is 12.1 Å². The Kier molecular flexibility index (Phi) is 3.10. The molecular formula is C11H21NO2. The molecule has 2 heterocycles. The molecule has 2 aliphatic heterocycles. The standard InChI is InChI=1S/C11H21NO2/c1-8-3-4-12(9(2)5-8)10-6-14-7-11(10)13/h8-11,13H,3-7H2,1-2H3. The maximum atomic E-state index is 9.76. The third kappa shape index (κ3) is 1.95. The van der Waals surface area contributed by atoms with Gasteiger partial charge in [-0.05, 0) is 32.2 Å². The van der Waals surface area contributed by atoms with Crippen LogP contribution in [0, 0.1) is 5.92 Å². The number of hydrogen-bond acceptors (Lipinski definition) is 3. The Morgan fingerprint density at radius 1 is 1.29 bits per heavy atom. The van der Waals surface area contributed by atoms with Crippen molar-refractivity contribution >= 4 is 0 Å². The molecule has 2 rings (SSSR count). The van der Waals surface area contributed by atoms with Gasteiger partial charge in [0.1, 0.15) is 0 Å². The minimum absolute atomic E-state index is 0.248. The summed E-state index contributed by atoms with van der Waals surface area (Å²) in [5, 5.41) is 9.76. The molecule has 0 bridgehead atoms. The number of rotatable bonds is 1. The summed E-state index contributed by atoms with van der Waals surface area (Å²) in [6, 6.07) is 0.845. The predicted molar refractivity (Wildman–Crippen MR) is 55.2 cm³/mol. The summed E-state index contributed by atoms with van der Waals surface area (Å²) in [7, 11) is 0. The fourth-order valence-corrected chi connectivity index (χ4v) is 2.77. The molecule has 0 radical (unpaired) electrons. The molecule has 4 unspecified atom stereocenters. The molecule has 3 heteroatoms. The first-order chi connectivity index (χ1) is 6.68. The summed E-state index contributed by atoms with van der Waals surface area (Å²) in [6.45, 7) is 6.92. The molecule has 4 atom stereocenters. The van der Waals surface area contributed by atoms with Gasteiger partial charge in [0.15, 0.2) is 0 Å². The number of likely N-dealkylation sites (tertiary alicyclic amines) is 1. The molecule has 0 amide bonds. The first-order valence-corrected chi connectivity index (χ1v) is 5.70. The van der Waals surface area contributed by atoms with Gasteiger partial charge < -0.3 is 9.84 Å². The topological polar surface area (TPSA) is 32.7 Å². The van der Waals surface area contributed by atoms with Gasteiger partial charge in [-0.3, -0.25) is 4.90 Å². The lowest BCUT2D eigenvalue weighted by molar-refractivity contribution is 0.0282. The summed E-state index contributed by atoms with van der Waals surface area (Å²) < 4.78 is 5.31. The van der Waals surface area contributed by atoms with E-state index in [0.717, 1.165) is 12.5 Å². The Labute approximate surface area is 86.0 Å². The van der Waals surface area contributed by atoms with Crippen LogP contribution in [0.15, 0.2) is 0 Å². The molecule has 14 heavy (non-hydrogen) atoms. The van der Waals surface area contributed by atoms with Crippen LogP contribution in [0.25, 0.3) is 0 Å². The van der Waals surface area contributed by atoms with E-state index >= 15 is 0 Å². The zero-order valence-corrected chi connectivity index (χ0v) is 9.15. The van der Waals surface area contributed by atoms with Crippen LogP contribution in [-0.4, -0.2) is 48.0 Å². The molecule has 1 N–H and O–H groups in total. The monoisotopic (exact) mass is 199 g/mol. The van der Waals surface area contributed by atoms with Crippen LogP contribution < -0.4 is 0 Å². The lowest BCUT2D eigenvalue weighted by Gasteiger charge is -2.40. The maximum Gasteiger partial charge on any atom is 0.0950 e. The van der Waals surface area contributed by atoms with Gasteiger partial charge in [0, 0.05) is 6.04 Å². The third-order valence-electron chi connectivity index (χ3n) is 3.64. The summed E-state index contributed by atoms with van der Waals surface area (Å²) >= 11 is 0. The molecule has 0 aromatic carbocycles. The van der Waals surface area contributed by atoms with Crippen molar-refractivity contribution in [2.24, 2.45) is 5.92 Å². The lowest BCUT2D eigenvalue weighted by atomic mass is 9.91. The van der Waals surface area contributed by atoms with E-state index in [4.69, 9.17) is 4.74 Å². The highest BCUT2D eigenvalue weighted by Gasteiger charge is 2.36. The Morgan fingerprint density at radius 2 is 2.07 bits per heavy atom. The summed E-state index contributed by atoms with van der Waals surface area (Å²) in [5.74, 6) is 0.834. The molecule has 3 nitrogen and oxygen atoms in total. The largest absolute Gasteiger partial charge is 0.389 e. The summed E-state index contributed by atoms with van der Waals surface area (Å²) in [4.78, 5) is 2.43. The van der Waals surface area contributed by atoms with Crippen molar-refractivity contribution in [1.82, 2.24) is 4.90 Å². The summed E-state index contributed by atoms with van der Waals surface area (Å²) in [5.41, 5.74) is 0. The van der Waals surface area contributed by atoms with Crippen molar-refractivity contribution in [3.8, 4) is 0 Å². The molecule has 0 aromatic heterocycles. The van der Waals surface area contributed by atoms with E-state index in [9.17, 15) is 5.11 Å². The second-order valence-corrected chi connectivity index (χ2v) is 4.89. The zero-order chi connectivity index (χ0) is 10.1. The number of aliphatic hydroxyl groups excluding tert-OH is 1. The second-order valence-electron chi connectivity index (χ2n) is 4.89. The van der Waals surface area contributed by atoms with Crippen molar-refractivity contribution < 1.29 is 9.84 Å². The zero-order valence-electron chi connectivity index (χ0n) is 9.15. The van der Waals surface area contributed by atoms with Gasteiger partial charge in [0.2, 0.25) is 0 Å². The van der Waals surface area contributed by atoms with E-state index < -0.39 is 0 Å². The number of piperidine rings is 1. The lowest BCUT2D eigenvalue weighted by Crippen LogP contribution is -2.51. The van der Waals surface area contributed by atoms with Gasteiger partial charge in [-0.1, -0.05) is 6.92 Å². The number of ether oxygens (including phenoxy) is 1. The molecule has 2 fully saturated rings. The Morgan fingerprint density at radius 3 is 2.64 bits per heavy atom. The molecule has 0 aliphatic carbocycles. The van der Waals surface area contributed by atoms with E-state index in [2.05, 4.69) is 18.7 Å². The van der Waals surface area contributed by atoms with Crippen LogP contribution in [0.2, 0.25) is 0 Å². The van der Waals surface area contributed by atoms with Gasteiger partial charge in [-0.15, -0.1) is 0 Å². The number of nitrogens with zero attached hydrogens (tertiary/aromatic N) is 1. The van der Waals surface area contributed by atoms with Gasteiger partial charge in [-0.25, -0.2) is 0 Å². The number of aliphatic hydroxyl groups is 1. The van der Waals surface area contributed by atoms with Gasteiger partial charge in [0.25, 0.3) is 0 Å². The Balaban J connectivity index is 1.96. The minimum Gasteiger partial charge on any atom is -0.389 e. The first-order valence-electron chi connectivity index (χ1n) is 5.70. The van der Waals surface area contributed by atoms with Crippen LogP contribution in [0.1, 0.15) is 26.7 Å². The molecular weight excluding hydrogens is 178 g/mol. The Hall–Kier alpha value is -0.120. The fraction of sp³-hybridized carbons (Fsp3) is 1.00. The third-order valence-corrected chi connectivity index (χ3v) is 3.64. The smallest absolute Gasteiger partial charge is 0.0950 e. The predicted octanol–water partition coefficient (Wildman–Crippen LogP) is 0.866. The molecule has 2 saturated heterocycles. The highest BCUT2D eigenvalue weighted by Crippen LogP contribution is 2.26. The molecule has 0 aromatic rings.